The smallest absolute Gasteiger partial charge is 0.337 e. The maximum absolute atomic E-state index is 12.9. The van der Waals surface area contributed by atoms with Gasteiger partial charge in [0.1, 0.15) is 0 Å². The van der Waals surface area contributed by atoms with E-state index in [0.29, 0.717) is 11.3 Å². The van der Waals surface area contributed by atoms with E-state index >= 15 is 0 Å². The molecule has 0 aromatic heterocycles. The second-order valence-corrected chi connectivity index (χ2v) is 18.8. The number of anilines is 1. The van der Waals surface area contributed by atoms with Crippen molar-refractivity contribution in [1.29, 1.82) is 0 Å². The molecule has 2 N–H and O–H groups in total. The number of benzene rings is 2. The van der Waals surface area contributed by atoms with Gasteiger partial charge in [-0.2, -0.15) is 0 Å². The van der Waals surface area contributed by atoms with Crippen molar-refractivity contribution in [2.24, 2.45) is 0 Å². The monoisotopic (exact) mass is 385 g/mol. The third-order valence-corrected chi connectivity index (χ3v) is 8.37. The summed E-state index contributed by atoms with van der Waals surface area (Å²) in [5.41, 5.74) is 1.01. The van der Waals surface area contributed by atoms with Crippen molar-refractivity contribution in [2.75, 3.05) is 5.32 Å². The summed E-state index contributed by atoms with van der Waals surface area (Å²) >= 11 is 0. The molecule has 0 aliphatic heterocycles. The van der Waals surface area contributed by atoms with Gasteiger partial charge in [-0.1, -0.05) is 80.0 Å². The summed E-state index contributed by atoms with van der Waals surface area (Å²) in [7, 11) is -3.19. The molecule has 0 bridgehead atoms. The number of hydrogen-bond acceptors (Lipinski definition) is 2. The Balaban J connectivity index is 2.48. The molecule has 0 saturated carbocycles. The van der Waals surface area contributed by atoms with Crippen LogP contribution in [0.4, 0.5) is 5.69 Å². The fraction of sp³-hybridized carbons (Fsp3) is 0.300. The fourth-order valence-electron chi connectivity index (χ4n) is 2.60. The number of para-hydroxylation sites is 1. The van der Waals surface area contributed by atoms with Gasteiger partial charge in [0.05, 0.1) is 27.4 Å². The number of carbonyl (C=O) groups is 2. The molecule has 0 saturated heterocycles. The van der Waals surface area contributed by atoms with Crippen LogP contribution in [0.1, 0.15) is 20.7 Å². The maximum atomic E-state index is 12.9. The molecular formula is C20H27NO3Si2. The molecular weight excluding hydrogens is 358 g/mol. The molecule has 138 valence electrons. The van der Waals surface area contributed by atoms with Crippen molar-refractivity contribution in [3.8, 4) is 0 Å². The Morgan fingerprint density at radius 3 is 1.81 bits per heavy atom. The minimum Gasteiger partial charge on any atom is -0.478 e. The number of aromatic carboxylic acids is 1. The first kappa shape index (κ1) is 20.1. The summed E-state index contributed by atoms with van der Waals surface area (Å²) in [6.45, 7) is 13.6. The lowest BCUT2D eigenvalue weighted by Crippen LogP contribution is -2.46. The third-order valence-electron chi connectivity index (χ3n) is 4.33. The van der Waals surface area contributed by atoms with Crippen molar-refractivity contribution in [3.63, 3.8) is 0 Å². The molecule has 0 fully saturated rings. The lowest BCUT2D eigenvalue weighted by molar-refractivity contribution is 0.0698. The Kier molecular flexibility index (Phi) is 5.58. The molecule has 0 atom stereocenters. The predicted octanol–water partition coefficient (Wildman–Crippen LogP) is 3.73. The Morgan fingerprint density at radius 2 is 1.35 bits per heavy atom. The fourth-order valence-corrected chi connectivity index (χ4v) is 5.10. The Morgan fingerprint density at radius 1 is 0.846 bits per heavy atom. The van der Waals surface area contributed by atoms with Crippen LogP contribution in [0.15, 0.2) is 42.5 Å². The van der Waals surface area contributed by atoms with Crippen LogP contribution in [0.3, 0.4) is 0 Å². The van der Waals surface area contributed by atoms with E-state index in [1.54, 1.807) is 18.2 Å². The van der Waals surface area contributed by atoms with E-state index in [-0.39, 0.29) is 11.5 Å². The molecule has 0 unspecified atom stereocenters. The normalized spacial score (nSPS) is 11.9. The molecule has 6 heteroatoms. The highest BCUT2D eigenvalue weighted by Gasteiger charge is 2.24. The van der Waals surface area contributed by atoms with Crippen LogP contribution in [0.5, 0.6) is 0 Å². The lowest BCUT2D eigenvalue weighted by Gasteiger charge is -2.24. The molecule has 0 spiro atoms. The average Bonchev–Trinajstić information content (AvgIpc) is 2.53. The van der Waals surface area contributed by atoms with Gasteiger partial charge < -0.3 is 10.4 Å². The first-order valence-corrected chi connectivity index (χ1v) is 15.7. The summed E-state index contributed by atoms with van der Waals surface area (Å²) in [6.07, 6.45) is 0. The third kappa shape index (κ3) is 4.71. The van der Waals surface area contributed by atoms with Crippen molar-refractivity contribution in [3.05, 3.63) is 53.6 Å². The molecule has 2 aromatic carbocycles. The quantitative estimate of drug-likeness (QED) is 0.771. The summed E-state index contributed by atoms with van der Waals surface area (Å²) < 4.78 is 0. The second kappa shape index (κ2) is 7.21. The van der Waals surface area contributed by atoms with Gasteiger partial charge in [0.15, 0.2) is 0 Å². The highest BCUT2D eigenvalue weighted by atomic mass is 28.3. The lowest BCUT2D eigenvalue weighted by atomic mass is 10.1. The molecule has 2 rings (SSSR count). The molecule has 2 aromatic rings. The largest absolute Gasteiger partial charge is 0.478 e. The van der Waals surface area contributed by atoms with Crippen LogP contribution in [-0.2, 0) is 0 Å². The van der Waals surface area contributed by atoms with Crippen molar-refractivity contribution >= 4 is 44.1 Å². The van der Waals surface area contributed by atoms with Gasteiger partial charge in [0.2, 0.25) is 0 Å². The van der Waals surface area contributed by atoms with Crippen LogP contribution >= 0.6 is 0 Å². The molecule has 0 radical (unpaired) electrons. The molecule has 1 amide bonds. The standard InChI is InChI=1S/C20H27NO3Si2/c1-25(2,3)15-11-14(12-16(13-15)26(4,5)6)19(22)21-18-10-8-7-9-17(18)20(23)24/h7-13H,1-6H3,(H,21,22)(H,23,24). The zero-order valence-electron chi connectivity index (χ0n) is 16.3. The number of hydrogen-bond donors (Lipinski definition) is 2. The van der Waals surface area contributed by atoms with Gasteiger partial charge in [-0.15, -0.1) is 0 Å². The summed E-state index contributed by atoms with van der Waals surface area (Å²) in [6, 6.07) is 12.7. The average molecular weight is 386 g/mol. The van der Waals surface area contributed by atoms with E-state index in [1.807, 2.05) is 12.1 Å². The van der Waals surface area contributed by atoms with Gasteiger partial charge in [0, 0.05) is 5.56 Å². The van der Waals surface area contributed by atoms with E-state index in [2.05, 4.69) is 50.7 Å². The van der Waals surface area contributed by atoms with E-state index < -0.39 is 22.1 Å². The maximum Gasteiger partial charge on any atom is 0.337 e. The molecule has 0 aliphatic rings. The van der Waals surface area contributed by atoms with E-state index in [1.165, 1.54) is 16.4 Å². The van der Waals surface area contributed by atoms with Gasteiger partial charge in [-0.25, -0.2) is 4.79 Å². The second-order valence-electron chi connectivity index (χ2n) is 8.60. The van der Waals surface area contributed by atoms with E-state index in [4.69, 9.17) is 0 Å². The van der Waals surface area contributed by atoms with Crippen LogP contribution in [-0.4, -0.2) is 33.1 Å². The van der Waals surface area contributed by atoms with E-state index in [9.17, 15) is 14.7 Å². The van der Waals surface area contributed by atoms with Gasteiger partial charge >= 0.3 is 5.97 Å². The summed E-state index contributed by atoms with van der Waals surface area (Å²) in [4.78, 5) is 24.2. The van der Waals surface area contributed by atoms with E-state index in [0.717, 1.165) is 0 Å². The summed E-state index contributed by atoms with van der Waals surface area (Å²) in [5.74, 6) is -1.32. The van der Waals surface area contributed by atoms with Crippen LogP contribution in [0.25, 0.3) is 0 Å². The number of nitrogens with one attached hydrogen (secondary N) is 1. The van der Waals surface area contributed by atoms with Crippen molar-refractivity contribution < 1.29 is 14.7 Å². The first-order valence-electron chi connectivity index (χ1n) is 8.69. The molecule has 26 heavy (non-hydrogen) atoms. The highest BCUT2D eigenvalue weighted by molar-refractivity contribution is 6.91. The Labute approximate surface area is 157 Å². The number of rotatable bonds is 5. The zero-order valence-corrected chi connectivity index (χ0v) is 18.3. The molecule has 0 aliphatic carbocycles. The predicted molar refractivity (Wildman–Crippen MR) is 114 cm³/mol. The first-order chi connectivity index (χ1) is 11.9. The number of amides is 1. The summed E-state index contributed by atoms with van der Waals surface area (Å²) in [5, 5.41) is 14.6. The van der Waals surface area contributed by atoms with Crippen molar-refractivity contribution in [1.82, 2.24) is 0 Å². The van der Waals surface area contributed by atoms with Crippen LogP contribution < -0.4 is 15.7 Å². The zero-order chi connectivity index (χ0) is 19.7. The molecule has 4 nitrogen and oxygen atoms in total. The SMILES string of the molecule is C[Si](C)(C)c1cc(C(=O)Nc2ccccc2C(=O)O)cc([Si](C)(C)C)c1. The number of carboxylic acid groups (broad SMARTS) is 1. The minimum atomic E-state index is -1.59. The molecule has 0 heterocycles. The Bertz CT molecular complexity index is 817. The minimum absolute atomic E-state index is 0.0904. The number of carboxylic acids is 1. The van der Waals surface area contributed by atoms with Gasteiger partial charge in [-0.05, 0) is 12.1 Å². The highest BCUT2D eigenvalue weighted by Crippen LogP contribution is 2.17. The topological polar surface area (TPSA) is 66.4 Å². The van der Waals surface area contributed by atoms with Crippen LogP contribution in [0.2, 0.25) is 39.3 Å². The van der Waals surface area contributed by atoms with Crippen LogP contribution in [0, 0.1) is 0 Å². The van der Waals surface area contributed by atoms with Gasteiger partial charge in [0.25, 0.3) is 5.91 Å². The van der Waals surface area contributed by atoms with Gasteiger partial charge in [-0.3, -0.25) is 4.79 Å². The number of carbonyl (C=O) groups excluding carboxylic acids is 1. The Hall–Kier alpha value is -2.19. The van der Waals surface area contributed by atoms with Crippen molar-refractivity contribution in [2.45, 2.75) is 39.3 Å².